The number of anilines is 1. The van der Waals surface area contributed by atoms with E-state index < -0.39 is 0 Å². The Morgan fingerprint density at radius 3 is 2.44 bits per heavy atom. The zero-order valence-electron chi connectivity index (χ0n) is 9.76. The van der Waals surface area contributed by atoms with Crippen LogP contribution in [0, 0.1) is 0 Å². The van der Waals surface area contributed by atoms with Crippen LogP contribution < -0.4 is 5.32 Å². The Morgan fingerprint density at radius 2 is 1.83 bits per heavy atom. The van der Waals surface area contributed by atoms with E-state index in [2.05, 4.69) is 10.3 Å². The lowest BCUT2D eigenvalue weighted by molar-refractivity contribution is -0.138. The Balaban J connectivity index is 1.82. The number of imide groups is 1. The molecule has 0 unspecified atom stereocenters. The normalized spacial score (nSPS) is 15.0. The van der Waals surface area contributed by atoms with Crippen molar-refractivity contribution in [3.8, 4) is 0 Å². The number of amides is 3. The van der Waals surface area contributed by atoms with E-state index in [9.17, 15) is 14.4 Å². The molecule has 94 valence electrons. The summed E-state index contributed by atoms with van der Waals surface area (Å²) in [7, 11) is 0. The molecule has 0 radical (unpaired) electrons. The summed E-state index contributed by atoms with van der Waals surface area (Å²) in [4.78, 5) is 39.2. The van der Waals surface area contributed by atoms with Crippen molar-refractivity contribution < 1.29 is 14.4 Å². The fourth-order valence-electron chi connectivity index (χ4n) is 1.74. The molecular weight excluding hydrogens is 234 g/mol. The Morgan fingerprint density at radius 1 is 1.22 bits per heavy atom. The van der Waals surface area contributed by atoms with Gasteiger partial charge in [-0.2, -0.15) is 0 Å². The standard InChI is InChI=1S/C12H13N3O3/c16-10(14-9-3-6-13-7-4-9)5-8-15-11(17)1-2-12(15)18/h3-4,6-7H,1-2,5,8H2,(H,13,14,16). The third-order valence-electron chi connectivity index (χ3n) is 2.68. The molecule has 0 bridgehead atoms. The van der Waals surface area contributed by atoms with Crippen molar-refractivity contribution in [2.45, 2.75) is 19.3 Å². The maximum absolute atomic E-state index is 11.6. The number of nitrogens with one attached hydrogen (secondary N) is 1. The number of pyridine rings is 1. The SMILES string of the molecule is O=C(CCN1C(=O)CCC1=O)Nc1ccncc1. The van der Waals surface area contributed by atoms with Crippen LogP contribution in [0.3, 0.4) is 0 Å². The van der Waals surface area contributed by atoms with E-state index in [0.717, 1.165) is 4.90 Å². The summed E-state index contributed by atoms with van der Waals surface area (Å²) in [6.07, 6.45) is 3.77. The fourth-order valence-corrected chi connectivity index (χ4v) is 1.74. The highest BCUT2D eigenvalue weighted by Crippen LogP contribution is 2.12. The molecule has 1 aliphatic rings. The quantitative estimate of drug-likeness (QED) is 0.788. The predicted octanol–water partition coefficient (Wildman–Crippen LogP) is 0.559. The summed E-state index contributed by atoms with van der Waals surface area (Å²) in [6.45, 7) is 0.147. The minimum atomic E-state index is -0.228. The Hall–Kier alpha value is -2.24. The van der Waals surface area contributed by atoms with Gasteiger partial charge in [0.2, 0.25) is 17.7 Å². The largest absolute Gasteiger partial charge is 0.326 e. The molecule has 0 spiro atoms. The van der Waals surface area contributed by atoms with Gasteiger partial charge >= 0.3 is 0 Å². The minimum absolute atomic E-state index is 0.111. The van der Waals surface area contributed by atoms with E-state index >= 15 is 0 Å². The summed E-state index contributed by atoms with van der Waals surface area (Å²) in [5.74, 6) is -0.623. The van der Waals surface area contributed by atoms with Gasteiger partial charge in [-0.25, -0.2) is 0 Å². The number of nitrogens with zero attached hydrogens (tertiary/aromatic N) is 2. The molecule has 1 aliphatic heterocycles. The zero-order chi connectivity index (χ0) is 13.0. The van der Waals surface area contributed by atoms with E-state index in [1.54, 1.807) is 24.5 Å². The topological polar surface area (TPSA) is 79.4 Å². The molecule has 0 saturated carbocycles. The van der Waals surface area contributed by atoms with Crippen molar-refractivity contribution >= 4 is 23.4 Å². The van der Waals surface area contributed by atoms with Crippen molar-refractivity contribution in [1.82, 2.24) is 9.88 Å². The third kappa shape index (κ3) is 2.91. The van der Waals surface area contributed by atoms with E-state index in [1.165, 1.54) is 0 Å². The number of likely N-dealkylation sites (tertiary alicyclic amines) is 1. The minimum Gasteiger partial charge on any atom is -0.326 e. The monoisotopic (exact) mass is 247 g/mol. The van der Waals surface area contributed by atoms with Gasteiger partial charge < -0.3 is 5.32 Å². The van der Waals surface area contributed by atoms with Crippen LogP contribution in [0.25, 0.3) is 0 Å². The highest BCUT2D eigenvalue weighted by molar-refractivity contribution is 6.02. The van der Waals surface area contributed by atoms with Crippen LogP contribution in [-0.2, 0) is 14.4 Å². The highest BCUT2D eigenvalue weighted by Gasteiger charge is 2.28. The second kappa shape index (κ2) is 5.39. The second-order valence-electron chi connectivity index (χ2n) is 3.97. The van der Waals surface area contributed by atoms with Crippen molar-refractivity contribution in [3.63, 3.8) is 0 Å². The van der Waals surface area contributed by atoms with Crippen LogP contribution in [-0.4, -0.2) is 34.2 Å². The molecule has 6 nitrogen and oxygen atoms in total. The summed E-state index contributed by atoms with van der Waals surface area (Å²) < 4.78 is 0. The van der Waals surface area contributed by atoms with Gasteiger partial charge in [-0.1, -0.05) is 0 Å². The first-order valence-electron chi connectivity index (χ1n) is 5.70. The van der Waals surface area contributed by atoms with Crippen LogP contribution in [0.15, 0.2) is 24.5 Å². The maximum Gasteiger partial charge on any atom is 0.229 e. The summed E-state index contributed by atoms with van der Waals surface area (Å²) >= 11 is 0. The molecule has 0 atom stereocenters. The first kappa shape index (κ1) is 12.2. The molecule has 1 aromatic heterocycles. The predicted molar refractivity (Wildman–Crippen MR) is 63.4 cm³/mol. The lowest BCUT2D eigenvalue weighted by Gasteiger charge is -2.13. The van der Waals surface area contributed by atoms with Gasteiger partial charge in [0.15, 0.2) is 0 Å². The van der Waals surface area contributed by atoms with Crippen molar-refractivity contribution in [2.24, 2.45) is 0 Å². The molecule has 1 aromatic rings. The highest BCUT2D eigenvalue weighted by atomic mass is 16.2. The molecule has 0 aliphatic carbocycles. The molecule has 3 amide bonds. The van der Waals surface area contributed by atoms with Crippen molar-refractivity contribution in [2.75, 3.05) is 11.9 Å². The van der Waals surface area contributed by atoms with Gasteiger partial charge in [0.05, 0.1) is 0 Å². The van der Waals surface area contributed by atoms with Crippen LogP contribution in [0.1, 0.15) is 19.3 Å². The molecule has 18 heavy (non-hydrogen) atoms. The average molecular weight is 247 g/mol. The van der Waals surface area contributed by atoms with Crippen LogP contribution in [0.4, 0.5) is 5.69 Å². The van der Waals surface area contributed by atoms with Crippen LogP contribution in [0.5, 0.6) is 0 Å². The van der Waals surface area contributed by atoms with E-state index in [4.69, 9.17) is 0 Å². The van der Waals surface area contributed by atoms with Gasteiger partial charge in [0.25, 0.3) is 0 Å². The molecule has 2 rings (SSSR count). The lowest BCUT2D eigenvalue weighted by atomic mass is 10.3. The van der Waals surface area contributed by atoms with E-state index in [1.807, 2.05) is 0 Å². The third-order valence-corrected chi connectivity index (χ3v) is 2.68. The summed E-state index contributed by atoms with van der Waals surface area (Å²) in [6, 6.07) is 3.34. The van der Waals surface area contributed by atoms with E-state index in [0.29, 0.717) is 5.69 Å². The number of rotatable bonds is 4. The second-order valence-corrected chi connectivity index (χ2v) is 3.97. The number of carbonyl (C=O) groups is 3. The number of aromatic nitrogens is 1. The Kier molecular flexibility index (Phi) is 3.66. The Labute approximate surface area is 104 Å². The summed E-state index contributed by atoms with van der Waals surface area (Å²) in [5.41, 5.74) is 0.647. The molecule has 6 heteroatoms. The first-order valence-corrected chi connectivity index (χ1v) is 5.70. The van der Waals surface area contributed by atoms with Crippen molar-refractivity contribution in [1.29, 1.82) is 0 Å². The first-order chi connectivity index (χ1) is 8.66. The summed E-state index contributed by atoms with van der Waals surface area (Å²) in [5, 5.41) is 2.67. The molecule has 1 N–H and O–H groups in total. The van der Waals surface area contributed by atoms with Gasteiger partial charge in [-0.3, -0.25) is 24.3 Å². The Bertz CT molecular complexity index is 457. The number of hydrogen-bond acceptors (Lipinski definition) is 4. The zero-order valence-corrected chi connectivity index (χ0v) is 9.76. The molecular formula is C12H13N3O3. The van der Waals surface area contributed by atoms with Gasteiger partial charge in [0, 0.05) is 43.9 Å². The molecule has 1 fully saturated rings. The van der Waals surface area contributed by atoms with Crippen LogP contribution >= 0.6 is 0 Å². The number of carbonyl (C=O) groups excluding carboxylic acids is 3. The molecule has 0 aromatic carbocycles. The molecule has 2 heterocycles. The maximum atomic E-state index is 11.6. The van der Waals surface area contributed by atoms with Crippen molar-refractivity contribution in [3.05, 3.63) is 24.5 Å². The lowest BCUT2D eigenvalue weighted by Crippen LogP contribution is -2.32. The molecule has 1 saturated heterocycles. The van der Waals surface area contributed by atoms with Crippen LogP contribution in [0.2, 0.25) is 0 Å². The number of hydrogen-bond donors (Lipinski definition) is 1. The average Bonchev–Trinajstić information content (AvgIpc) is 2.68. The van der Waals surface area contributed by atoms with Gasteiger partial charge in [-0.15, -0.1) is 0 Å². The smallest absolute Gasteiger partial charge is 0.229 e. The van der Waals surface area contributed by atoms with Gasteiger partial charge in [0.1, 0.15) is 0 Å². The van der Waals surface area contributed by atoms with Gasteiger partial charge in [-0.05, 0) is 12.1 Å². The van der Waals surface area contributed by atoms with E-state index in [-0.39, 0.29) is 43.5 Å². The fraction of sp³-hybridized carbons (Fsp3) is 0.333.